The van der Waals surface area contributed by atoms with Crippen LogP contribution in [-0.4, -0.2) is 23.8 Å². The van der Waals surface area contributed by atoms with E-state index >= 15 is 0 Å². The van der Waals surface area contributed by atoms with Crippen LogP contribution in [0.4, 0.5) is 0 Å². The van der Waals surface area contributed by atoms with E-state index in [4.69, 9.17) is 9.26 Å². The zero-order chi connectivity index (χ0) is 13.1. The van der Waals surface area contributed by atoms with Gasteiger partial charge < -0.3 is 14.6 Å². The average molecular weight is 253 g/mol. The Labute approximate surface area is 108 Å². The van der Waals surface area contributed by atoms with Gasteiger partial charge in [0, 0.05) is 7.11 Å². The van der Waals surface area contributed by atoms with Crippen molar-refractivity contribution in [2.75, 3.05) is 13.7 Å². The molecule has 1 aromatic rings. The van der Waals surface area contributed by atoms with Gasteiger partial charge in [0.2, 0.25) is 11.7 Å². The van der Waals surface area contributed by atoms with Crippen molar-refractivity contribution in [2.24, 2.45) is 11.8 Å². The summed E-state index contributed by atoms with van der Waals surface area (Å²) >= 11 is 0. The second-order valence-electron chi connectivity index (χ2n) is 5.44. The van der Waals surface area contributed by atoms with E-state index in [1.54, 1.807) is 7.11 Å². The summed E-state index contributed by atoms with van der Waals surface area (Å²) in [6, 6.07) is 0.185. The van der Waals surface area contributed by atoms with Crippen molar-refractivity contribution in [1.82, 2.24) is 15.5 Å². The molecule has 1 aliphatic heterocycles. The molecule has 2 rings (SSSR count). The number of aromatic nitrogens is 2. The summed E-state index contributed by atoms with van der Waals surface area (Å²) in [6.45, 7) is 7.42. The van der Waals surface area contributed by atoms with E-state index in [0.29, 0.717) is 23.6 Å². The average Bonchev–Trinajstić information content (AvgIpc) is 2.79. The van der Waals surface area contributed by atoms with E-state index in [9.17, 15) is 0 Å². The molecular weight excluding hydrogens is 230 g/mol. The van der Waals surface area contributed by atoms with E-state index in [1.165, 1.54) is 12.8 Å². The van der Waals surface area contributed by atoms with Gasteiger partial charge in [-0.2, -0.15) is 4.98 Å². The van der Waals surface area contributed by atoms with Gasteiger partial charge in [-0.3, -0.25) is 0 Å². The predicted octanol–water partition coefficient (Wildman–Crippen LogP) is 2.47. The lowest BCUT2D eigenvalue weighted by atomic mass is 9.93. The summed E-state index contributed by atoms with van der Waals surface area (Å²) in [6.07, 6.45) is 2.32. The standard InChI is InChI=1S/C13H23N3O2/c1-8(2)11(17-4)12-15-13(18-16-12)10-9(3)6-5-7-14-10/h8-11,14H,5-7H2,1-4H3. The van der Waals surface area contributed by atoms with Crippen LogP contribution in [0.25, 0.3) is 0 Å². The number of piperidine rings is 1. The first-order chi connectivity index (χ1) is 8.63. The number of ether oxygens (including phenoxy) is 1. The fourth-order valence-electron chi connectivity index (χ4n) is 2.55. The maximum atomic E-state index is 5.42. The van der Waals surface area contributed by atoms with Crippen molar-refractivity contribution in [3.63, 3.8) is 0 Å². The second-order valence-corrected chi connectivity index (χ2v) is 5.44. The quantitative estimate of drug-likeness (QED) is 0.893. The zero-order valence-electron chi connectivity index (χ0n) is 11.6. The number of hydrogen-bond acceptors (Lipinski definition) is 5. The van der Waals surface area contributed by atoms with Gasteiger partial charge in [-0.05, 0) is 31.2 Å². The Hall–Kier alpha value is -0.940. The van der Waals surface area contributed by atoms with Gasteiger partial charge in [0.25, 0.3) is 0 Å². The minimum atomic E-state index is -0.0959. The molecule has 18 heavy (non-hydrogen) atoms. The molecule has 0 radical (unpaired) electrons. The molecule has 0 aromatic carbocycles. The molecule has 1 aromatic heterocycles. The van der Waals surface area contributed by atoms with Crippen molar-refractivity contribution in [3.05, 3.63) is 11.7 Å². The fraction of sp³-hybridized carbons (Fsp3) is 0.846. The first kappa shape index (κ1) is 13.5. The number of nitrogens with one attached hydrogen (secondary N) is 1. The monoisotopic (exact) mass is 253 g/mol. The molecule has 3 unspecified atom stereocenters. The lowest BCUT2D eigenvalue weighted by Crippen LogP contribution is -2.33. The summed E-state index contributed by atoms with van der Waals surface area (Å²) in [5.74, 6) is 2.21. The van der Waals surface area contributed by atoms with Crippen LogP contribution in [0.2, 0.25) is 0 Å². The van der Waals surface area contributed by atoms with Crippen molar-refractivity contribution >= 4 is 0 Å². The van der Waals surface area contributed by atoms with Crippen molar-refractivity contribution in [2.45, 2.75) is 45.8 Å². The third-order valence-corrected chi connectivity index (χ3v) is 3.61. The molecule has 5 nitrogen and oxygen atoms in total. The molecular formula is C13H23N3O2. The van der Waals surface area contributed by atoms with Crippen LogP contribution in [0.5, 0.6) is 0 Å². The molecule has 102 valence electrons. The Balaban J connectivity index is 2.14. The van der Waals surface area contributed by atoms with E-state index in [-0.39, 0.29) is 12.1 Å². The van der Waals surface area contributed by atoms with Gasteiger partial charge in [-0.25, -0.2) is 0 Å². The predicted molar refractivity (Wildman–Crippen MR) is 68.0 cm³/mol. The molecule has 0 aliphatic carbocycles. The largest absolute Gasteiger partial charge is 0.373 e. The number of rotatable bonds is 4. The molecule has 1 aliphatic rings. The molecule has 1 N–H and O–H groups in total. The lowest BCUT2D eigenvalue weighted by Gasteiger charge is -2.26. The Morgan fingerprint density at radius 2 is 2.22 bits per heavy atom. The van der Waals surface area contributed by atoms with Crippen LogP contribution < -0.4 is 5.32 Å². The van der Waals surface area contributed by atoms with Crippen LogP contribution in [0, 0.1) is 11.8 Å². The number of methoxy groups -OCH3 is 1. The van der Waals surface area contributed by atoms with E-state index in [2.05, 4.69) is 36.2 Å². The van der Waals surface area contributed by atoms with Gasteiger partial charge in [-0.1, -0.05) is 25.9 Å². The highest BCUT2D eigenvalue weighted by atomic mass is 16.5. The Morgan fingerprint density at radius 3 is 2.83 bits per heavy atom. The summed E-state index contributed by atoms with van der Waals surface area (Å²) in [4.78, 5) is 4.51. The Bertz CT molecular complexity index is 378. The fourth-order valence-corrected chi connectivity index (χ4v) is 2.55. The maximum absolute atomic E-state index is 5.42. The number of nitrogens with zero attached hydrogens (tertiary/aromatic N) is 2. The van der Waals surface area contributed by atoms with Crippen molar-refractivity contribution in [1.29, 1.82) is 0 Å². The van der Waals surface area contributed by atoms with Crippen molar-refractivity contribution in [3.8, 4) is 0 Å². The molecule has 1 saturated heterocycles. The first-order valence-electron chi connectivity index (χ1n) is 6.73. The third kappa shape index (κ3) is 2.72. The second kappa shape index (κ2) is 5.80. The number of hydrogen-bond donors (Lipinski definition) is 1. The summed E-state index contributed by atoms with van der Waals surface area (Å²) in [7, 11) is 1.68. The minimum absolute atomic E-state index is 0.0959. The summed E-state index contributed by atoms with van der Waals surface area (Å²) < 4.78 is 10.8. The highest BCUT2D eigenvalue weighted by molar-refractivity contribution is 4.99. The van der Waals surface area contributed by atoms with E-state index in [0.717, 1.165) is 6.54 Å². The van der Waals surface area contributed by atoms with Gasteiger partial charge in [0.1, 0.15) is 6.10 Å². The maximum Gasteiger partial charge on any atom is 0.244 e. The minimum Gasteiger partial charge on any atom is -0.373 e. The van der Waals surface area contributed by atoms with Crippen molar-refractivity contribution < 1.29 is 9.26 Å². The van der Waals surface area contributed by atoms with Gasteiger partial charge in [0.05, 0.1) is 6.04 Å². The van der Waals surface area contributed by atoms with Crippen LogP contribution >= 0.6 is 0 Å². The molecule has 3 atom stereocenters. The topological polar surface area (TPSA) is 60.2 Å². The zero-order valence-corrected chi connectivity index (χ0v) is 11.6. The smallest absolute Gasteiger partial charge is 0.244 e. The molecule has 5 heteroatoms. The van der Waals surface area contributed by atoms with Crippen LogP contribution in [0.15, 0.2) is 4.52 Å². The Kier molecular flexibility index (Phi) is 4.35. The van der Waals surface area contributed by atoms with Crippen LogP contribution in [0.1, 0.15) is 57.5 Å². The summed E-state index contributed by atoms with van der Waals surface area (Å²) in [5, 5.41) is 7.51. The highest BCUT2D eigenvalue weighted by Crippen LogP contribution is 2.29. The third-order valence-electron chi connectivity index (χ3n) is 3.61. The first-order valence-corrected chi connectivity index (χ1v) is 6.73. The normalized spacial score (nSPS) is 26.5. The molecule has 0 bridgehead atoms. The van der Waals surface area contributed by atoms with Gasteiger partial charge in [0.15, 0.2) is 0 Å². The van der Waals surface area contributed by atoms with E-state index in [1.807, 2.05) is 0 Å². The van der Waals surface area contributed by atoms with Crippen LogP contribution in [0.3, 0.4) is 0 Å². The molecule has 0 amide bonds. The molecule has 0 spiro atoms. The van der Waals surface area contributed by atoms with Gasteiger partial charge >= 0.3 is 0 Å². The van der Waals surface area contributed by atoms with E-state index < -0.39 is 0 Å². The van der Waals surface area contributed by atoms with Crippen LogP contribution in [-0.2, 0) is 4.74 Å². The molecule has 2 heterocycles. The Morgan fingerprint density at radius 1 is 1.44 bits per heavy atom. The van der Waals surface area contributed by atoms with Gasteiger partial charge in [-0.15, -0.1) is 0 Å². The molecule has 1 fully saturated rings. The lowest BCUT2D eigenvalue weighted by molar-refractivity contribution is 0.0555. The molecule has 0 saturated carbocycles. The summed E-state index contributed by atoms with van der Waals surface area (Å²) in [5.41, 5.74) is 0. The highest BCUT2D eigenvalue weighted by Gasteiger charge is 2.29. The SMILES string of the molecule is COC(c1noc(C2NCCCC2C)n1)C(C)C.